The van der Waals surface area contributed by atoms with E-state index in [1.807, 2.05) is 12.1 Å². The molecule has 32 heavy (non-hydrogen) atoms. The minimum absolute atomic E-state index is 0.0843. The zero-order valence-electron chi connectivity index (χ0n) is 18.4. The molecule has 0 aliphatic carbocycles. The summed E-state index contributed by atoms with van der Waals surface area (Å²) < 4.78 is 32.0. The number of amides is 1. The number of nitrogens with zero attached hydrogens (tertiary/aromatic N) is 3. The number of esters is 1. The van der Waals surface area contributed by atoms with Crippen LogP contribution in [0.2, 0.25) is 0 Å². The number of anilines is 1. The minimum atomic E-state index is -3.56. The highest BCUT2D eigenvalue weighted by atomic mass is 32.2. The molecule has 3 rings (SSSR count). The number of carbonyl (C=O) groups is 2. The molecule has 1 fully saturated rings. The fraction of sp³-hybridized carbons (Fsp3) is 0.435. The van der Waals surface area contributed by atoms with Crippen LogP contribution in [0.15, 0.2) is 53.7 Å². The Morgan fingerprint density at radius 3 is 2.53 bits per heavy atom. The van der Waals surface area contributed by atoms with Crippen LogP contribution in [-0.2, 0) is 30.8 Å². The second-order valence-electron chi connectivity index (χ2n) is 7.62. The van der Waals surface area contributed by atoms with Crippen molar-refractivity contribution in [2.45, 2.75) is 38.0 Å². The second-order valence-corrected chi connectivity index (χ2v) is 9.56. The van der Waals surface area contributed by atoms with Gasteiger partial charge in [-0.25, -0.2) is 8.42 Å². The van der Waals surface area contributed by atoms with Crippen molar-refractivity contribution in [2.24, 2.45) is 5.92 Å². The van der Waals surface area contributed by atoms with Crippen molar-refractivity contribution in [1.82, 2.24) is 9.29 Å². The second kappa shape index (κ2) is 10.7. The van der Waals surface area contributed by atoms with Crippen LogP contribution >= 0.6 is 0 Å². The van der Waals surface area contributed by atoms with Crippen LogP contribution in [-0.4, -0.2) is 55.8 Å². The van der Waals surface area contributed by atoms with Gasteiger partial charge in [-0.2, -0.15) is 4.31 Å². The minimum Gasteiger partial charge on any atom is -0.465 e. The third-order valence-electron chi connectivity index (χ3n) is 5.53. The molecule has 0 spiro atoms. The number of ether oxygens (including phenoxy) is 1. The van der Waals surface area contributed by atoms with E-state index in [-0.39, 0.29) is 36.3 Å². The maximum atomic E-state index is 12.6. The zero-order valence-corrected chi connectivity index (χ0v) is 19.3. The lowest BCUT2D eigenvalue weighted by Gasteiger charge is -2.20. The number of rotatable bonds is 10. The predicted octanol–water partition coefficient (Wildman–Crippen LogP) is 2.64. The lowest BCUT2D eigenvalue weighted by molar-refractivity contribution is -0.148. The first-order valence-electron chi connectivity index (χ1n) is 10.8. The van der Waals surface area contributed by atoms with Gasteiger partial charge in [-0.05, 0) is 48.7 Å². The average molecular weight is 460 g/mol. The molecule has 0 N–H and O–H groups in total. The molecule has 1 unspecified atom stereocenters. The summed E-state index contributed by atoms with van der Waals surface area (Å²) in [5, 5.41) is 0. The highest BCUT2D eigenvalue weighted by molar-refractivity contribution is 7.89. The Morgan fingerprint density at radius 2 is 1.91 bits per heavy atom. The number of aryl methyl sites for hydroxylation is 1. The van der Waals surface area contributed by atoms with Crippen molar-refractivity contribution in [3.63, 3.8) is 0 Å². The molecule has 0 radical (unpaired) electrons. The van der Waals surface area contributed by atoms with E-state index in [4.69, 9.17) is 4.74 Å². The summed E-state index contributed by atoms with van der Waals surface area (Å²) >= 11 is 0. The van der Waals surface area contributed by atoms with E-state index in [0.717, 1.165) is 12.0 Å². The first-order valence-corrected chi connectivity index (χ1v) is 12.3. The Labute approximate surface area is 189 Å². The van der Waals surface area contributed by atoms with Gasteiger partial charge < -0.3 is 9.64 Å². The summed E-state index contributed by atoms with van der Waals surface area (Å²) in [7, 11) is -3.56. The molecule has 9 heteroatoms. The van der Waals surface area contributed by atoms with Gasteiger partial charge >= 0.3 is 5.97 Å². The molecule has 1 atom stereocenters. The van der Waals surface area contributed by atoms with Crippen LogP contribution in [0.1, 0.15) is 32.3 Å². The fourth-order valence-corrected chi connectivity index (χ4v) is 5.20. The summed E-state index contributed by atoms with van der Waals surface area (Å²) in [6.07, 6.45) is 5.03. The molecule has 1 aromatic heterocycles. The molecule has 1 aliphatic rings. The smallest absolute Gasteiger partial charge is 0.311 e. The van der Waals surface area contributed by atoms with Gasteiger partial charge in [0.25, 0.3) is 0 Å². The van der Waals surface area contributed by atoms with Gasteiger partial charge in [-0.3, -0.25) is 14.6 Å². The van der Waals surface area contributed by atoms with Gasteiger partial charge in [-0.1, -0.05) is 19.9 Å². The van der Waals surface area contributed by atoms with Gasteiger partial charge in [-0.15, -0.1) is 0 Å². The molecule has 0 bridgehead atoms. The normalized spacial score (nSPS) is 16.5. The highest BCUT2D eigenvalue weighted by Crippen LogP contribution is 2.27. The van der Waals surface area contributed by atoms with E-state index in [1.165, 1.54) is 21.3 Å². The molecule has 1 aromatic carbocycles. The topological polar surface area (TPSA) is 96.9 Å². The van der Waals surface area contributed by atoms with Crippen molar-refractivity contribution in [3.05, 3.63) is 54.4 Å². The maximum absolute atomic E-state index is 12.6. The Bertz CT molecular complexity index is 1020. The molecule has 0 saturated carbocycles. The van der Waals surface area contributed by atoms with Crippen LogP contribution in [0.4, 0.5) is 5.69 Å². The maximum Gasteiger partial charge on any atom is 0.311 e. The van der Waals surface area contributed by atoms with Crippen molar-refractivity contribution >= 4 is 27.6 Å². The number of hydrogen-bond donors (Lipinski definition) is 0. The lowest BCUT2D eigenvalue weighted by atomic mass is 10.1. The molecule has 1 aliphatic heterocycles. The largest absolute Gasteiger partial charge is 0.465 e. The van der Waals surface area contributed by atoms with E-state index >= 15 is 0 Å². The first-order chi connectivity index (χ1) is 15.4. The van der Waals surface area contributed by atoms with Gasteiger partial charge in [0.1, 0.15) is 0 Å². The van der Waals surface area contributed by atoms with Crippen molar-refractivity contribution in [2.75, 3.05) is 31.1 Å². The van der Waals surface area contributed by atoms with Crippen LogP contribution in [0, 0.1) is 5.92 Å². The number of carbonyl (C=O) groups excluding carboxylic acids is 2. The first kappa shape index (κ1) is 23.9. The summed E-state index contributed by atoms with van der Waals surface area (Å²) in [6.45, 7) is 4.86. The highest BCUT2D eigenvalue weighted by Gasteiger charge is 2.36. The van der Waals surface area contributed by atoms with E-state index in [2.05, 4.69) is 4.98 Å². The van der Waals surface area contributed by atoms with Crippen molar-refractivity contribution in [3.8, 4) is 0 Å². The summed E-state index contributed by atoms with van der Waals surface area (Å²) in [6, 6.07) is 10.1. The Morgan fingerprint density at radius 1 is 1.19 bits per heavy atom. The number of benzene rings is 1. The van der Waals surface area contributed by atoms with E-state index < -0.39 is 15.9 Å². The van der Waals surface area contributed by atoms with Gasteiger partial charge in [0.2, 0.25) is 15.9 Å². The number of hydrogen-bond acceptors (Lipinski definition) is 6. The molecule has 1 amide bonds. The van der Waals surface area contributed by atoms with E-state index in [1.54, 1.807) is 38.4 Å². The lowest BCUT2D eigenvalue weighted by Crippen LogP contribution is -2.30. The van der Waals surface area contributed by atoms with Crippen LogP contribution < -0.4 is 4.90 Å². The molecule has 2 heterocycles. The Kier molecular flexibility index (Phi) is 7.98. The summed E-state index contributed by atoms with van der Waals surface area (Å²) in [5.41, 5.74) is 1.65. The van der Waals surface area contributed by atoms with Crippen LogP contribution in [0.3, 0.4) is 0 Å². The number of aromatic nitrogens is 1. The zero-order chi connectivity index (χ0) is 23.1. The SMILES string of the molecule is CCN(CC)S(=O)(=O)c1ccc(N2CC(C(=O)OCCCc3cccnc3)CC2=O)cc1. The third-order valence-corrected chi connectivity index (χ3v) is 7.59. The van der Waals surface area contributed by atoms with E-state index in [0.29, 0.717) is 25.2 Å². The standard InChI is InChI=1S/C23H29N3O5S/c1-3-25(4-2)32(29,30)21-11-9-20(10-12-21)26-17-19(15-22(26)27)23(28)31-14-6-8-18-7-5-13-24-16-18/h5,7,9-13,16,19H,3-4,6,8,14-15,17H2,1-2H3. The quantitative estimate of drug-likeness (QED) is 0.400. The van der Waals surface area contributed by atoms with E-state index in [9.17, 15) is 18.0 Å². The Hall–Kier alpha value is -2.78. The molecule has 8 nitrogen and oxygen atoms in total. The summed E-state index contributed by atoms with van der Waals surface area (Å²) in [4.78, 5) is 30.6. The molecule has 172 valence electrons. The van der Waals surface area contributed by atoms with Crippen LogP contribution in [0.5, 0.6) is 0 Å². The monoisotopic (exact) mass is 459 g/mol. The predicted molar refractivity (Wildman–Crippen MR) is 121 cm³/mol. The molecular formula is C23H29N3O5S. The fourth-order valence-electron chi connectivity index (χ4n) is 3.74. The Balaban J connectivity index is 1.55. The number of pyridine rings is 1. The van der Waals surface area contributed by atoms with Crippen LogP contribution in [0.25, 0.3) is 0 Å². The van der Waals surface area contributed by atoms with Crippen molar-refractivity contribution in [1.29, 1.82) is 0 Å². The molecular weight excluding hydrogens is 430 g/mol. The van der Waals surface area contributed by atoms with Crippen molar-refractivity contribution < 1.29 is 22.7 Å². The molecule has 2 aromatic rings. The number of sulfonamides is 1. The molecule has 1 saturated heterocycles. The third kappa shape index (κ3) is 5.52. The average Bonchev–Trinajstić information content (AvgIpc) is 3.19. The van der Waals surface area contributed by atoms with Gasteiger partial charge in [0, 0.05) is 44.1 Å². The van der Waals surface area contributed by atoms with Gasteiger partial charge in [0.05, 0.1) is 17.4 Å². The van der Waals surface area contributed by atoms with Gasteiger partial charge in [0.15, 0.2) is 0 Å². The summed E-state index contributed by atoms with van der Waals surface area (Å²) in [5.74, 6) is -1.09.